The molecule has 1 N–H and O–H groups in total. The minimum Gasteiger partial charge on any atom is -0.494 e. The van der Waals surface area contributed by atoms with Crippen LogP contribution in [-0.4, -0.2) is 37.8 Å². The highest BCUT2D eigenvalue weighted by atomic mass is 16.5. The Balaban J connectivity index is 2.11. The summed E-state index contributed by atoms with van der Waals surface area (Å²) in [6.07, 6.45) is 6.59. The normalized spacial score (nSPS) is 10.7. The van der Waals surface area contributed by atoms with Crippen LogP contribution in [0.1, 0.15) is 10.5 Å². The monoisotopic (exact) mass is 270 g/mol. The van der Waals surface area contributed by atoms with Crippen molar-refractivity contribution in [2.45, 2.75) is 0 Å². The van der Waals surface area contributed by atoms with Gasteiger partial charge in [-0.25, -0.2) is 19.3 Å². The molecule has 0 saturated carbocycles. The van der Waals surface area contributed by atoms with Crippen LogP contribution >= 0.6 is 0 Å². The van der Waals surface area contributed by atoms with Gasteiger partial charge in [-0.05, 0) is 6.07 Å². The highest BCUT2D eigenvalue weighted by molar-refractivity contribution is 5.89. The third-order valence-electron chi connectivity index (χ3n) is 2.86. The van der Waals surface area contributed by atoms with Gasteiger partial charge in [0, 0.05) is 35.8 Å². The first-order valence-corrected chi connectivity index (χ1v) is 5.76. The van der Waals surface area contributed by atoms with E-state index in [2.05, 4.69) is 15.1 Å². The number of carboxylic acids is 1. The van der Waals surface area contributed by atoms with Gasteiger partial charge in [-0.2, -0.15) is 5.10 Å². The lowest BCUT2D eigenvalue weighted by Gasteiger charge is -2.07. The van der Waals surface area contributed by atoms with Gasteiger partial charge in [0.1, 0.15) is 0 Å². The predicted octanol–water partition coefficient (Wildman–Crippen LogP) is 1.50. The molecule has 0 atom stereocenters. The zero-order valence-electron chi connectivity index (χ0n) is 10.5. The molecule has 0 aromatic carbocycles. The SMILES string of the molecule is COc1cc(-c2cnc3ccnn3c2)cnc1C(=O)O. The number of hydrogen-bond acceptors (Lipinski definition) is 5. The number of hydrogen-bond donors (Lipinski definition) is 1. The minimum absolute atomic E-state index is 0.121. The third kappa shape index (κ3) is 1.95. The Kier molecular flexibility index (Phi) is 2.79. The van der Waals surface area contributed by atoms with E-state index in [1.807, 2.05) is 0 Å². The van der Waals surface area contributed by atoms with Crippen LogP contribution < -0.4 is 4.74 Å². The maximum absolute atomic E-state index is 11.0. The molecule has 7 nitrogen and oxygen atoms in total. The van der Waals surface area contributed by atoms with Gasteiger partial charge in [0.25, 0.3) is 0 Å². The standard InChI is InChI=1S/C13H10N4O3/c1-20-10-4-8(5-15-12(10)13(18)19)9-6-14-11-2-3-16-17(11)7-9/h2-7H,1H3,(H,18,19). The molecule has 0 unspecified atom stereocenters. The molecule has 0 fully saturated rings. The van der Waals surface area contributed by atoms with E-state index in [-0.39, 0.29) is 11.4 Å². The Morgan fingerprint density at radius 2 is 2.10 bits per heavy atom. The first-order chi connectivity index (χ1) is 9.69. The summed E-state index contributed by atoms with van der Waals surface area (Å²) in [5.74, 6) is -0.926. The zero-order valence-corrected chi connectivity index (χ0v) is 10.5. The number of ether oxygens (including phenoxy) is 1. The van der Waals surface area contributed by atoms with Crippen LogP contribution in [0.5, 0.6) is 5.75 Å². The molecule has 3 heterocycles. The van der Waals surface area contributed by atoms with E-state index in [0.717, 1.165) is 11.2 Å². The van der Waals surface area contributed by atoms with E-state index in [1.165, 1.54) is 13.3 Å². The van der Waals surface area contributed by atoms with E-state index in [9.17, 15) is 4.79 Å². The fourth-order valence-corrected chi connectivity index (χ4v) is 1.88. The van der Waals surface area contributed by atoms with Gasteiger partial charge in [0.2, 0.25) is 0 Å². The molecule has 0 aliphatic rings. The number of fused-ring (bicyclic) bond motifs is 1. The molecule has 0 saturated heterocycles. The summed E-state index contributed by atoms with van der Waals surface area (Å²) >= 11 is 0. The number of nitrogens with zero attached hydrogens (tertiary/aromatic N) is 4. The predicted molar refractivity (Wildman–Crippen MR) is 69.7 cm³/mol. The van der Waals surface area contributed by atoms with Crippen molar-refractivity contribution in [2.24, 2.45) is 0 Å². The molecule has 0 amide bonds. The number of aromatic nitrogens is 4. The first-order valence-electron chi connectivity index (χ1n) is 5.76. The van der Waals surface area contributed by atoms with Crippen molar-refractivity contribution in [1.82, 2.24) is 19.6 Å². The van der Waals surface area contributed by atoms with Crippen LogP contribution in [0.25, 0.3) is 16.8 Å². The average Bonchev–Trinajstić information content (AvgIpc) is 2.93. The van der Waals surface area contributed by atoms with E-state index in [0.29, 0.717) is 5.56 Å². The van der Waals surface area contributed by atoms with Crippen molar-refractivity contribution in [3.8, 4) is 16.9 Å². The molecule has 0 aliphatic carbocycles. The van der Waals surface area contributed by atoms with Gasteiger partial charge < -0.3 is 9.84 Å². The van der Waals surface area contributed by atoms with Crippen LogP contribution in [-0.2, 0) is 0 Å². The average molecular weight is 270 g/mol. The Hall–Kier alpha value is -2.96. The molecular weight excluding hydrogens is 260 g/mol. The fraction of sp³-hybridized carbons (Fsp3) is 0.0769. The largest absolute Gasteiger partial charge is 0.494 e. The maximum Gasteiger partial charge on any atom is 0.358 e. The topological polar surface area (TPSA) is 89.6 Å². The molecule has 0 bridgehead atoms. The first kappa shape index (κ1) is 12.1. The molecule has 100 valence electrons. The molecule has 0 spiro atoms. The molecule has 3 rings (SSSR count). The fourth-order valence-electron chi connectivity index (χ4n) is 1.88. The number of methoxy groups -OCH3 is 1. The van der Waals surface area contributed by atoms with Gasteiger partial charge >= 0.3 is 5.97 Å². The summed E-state index contributed by atoms with van der Waals surface area (Å²) in [4.78, 5) is 19.2. The molecule has 3 aromatic heterocycles. The van der Waals surface area contributed by atoms with E-state index >= 15 is 0 Å². The summed E-state index contributed by atoms with van der Waals surface area (Å²) in [6.45, 7) is 0. The molecule has 3 aromatic rings. The highest BCUT2D eigenvalue weighted by Gasteiger charge is 2.14. The number of pyridine rings is 1. The van der Waals surface area contributed by atoms with Gasteiger partial charge in [-0.15, -0.1) is 0 Å². The molecular formula is C13H10N4O3. The van der Waals surface area contributed by atoms with Crippen molar-refractivity contribution in [3.05, 3.63) is 42.6 Å². The van der Waals surface area contributed by atoms with Crippen LogP contribution in [0.2, 0.25) is 0 Å². The Morgan fingerprint density at radius 3 is 2.85 bits per heavy atom. The number of carbonyl (C=O) groups is 1. The summed E-state index contributed by atoms with van der Waals surface area (Å²) in [7, 11) is 1.40. The van der Waals surface area contributed by atoms with Crippen LogP contribution in [0.15, 0.2) is 36.9 Å². The number of rotatable bonds is 3. The second-order valence-corrected chi connectivity index (χ2v) is 4.06. The third-order valence-corrected chi connectivity index (χ3v) is 2.86. The summed E-state index contributed by atoms with van der Waals surface area (Å²) < 4.78 is 6.69. The number of carboxylic acid groups (broad SMARTS) is 1. The van der Waals surface area contributed by atoms with E-state index in [1.54, 1.807) is 35.2 Å². The second-order valence-electron chi connectivity index (χ2n) is 4.06. The summed E-state index contributed by atoms with van der Waals surface area (Å²) in [6, 6.07) is 3.40. The summed E-state index contributed by atoms with van der Waals surface area (Å²) in [5.41, 5.74) is 2.08. The quantitative estimate of drug-likeness (QED) is 0.775. The van der Waals surface area contributed by atoms with Gasteiger partial charge in [0.15, 0.2) is 17.1 Å². The van der Waals surface area contributed by atoms with E-state index in [4.69, 9.17) is 9.84 Å². The Morgan fingerprint density at radius 1 is 1.30 bits per heavy atom. The van der Waals surface area contributed by atoms with Crippen molar-refractivity contribution in [3.63, 3.8) is 0 Å². The molecule has 7 heteroatoms. The van der Waals surface area contributed by atoms with Crippen molar-refractivity contribution >= 4 is 11.6 Å². The molecule has 0 aliphatic heterocycles. The van der Waals surface area contributed by atoms with Crippen LogP contribution in [0, 0.1) is 0 Å². The highest BCUT2D eigenvalue weighted by Crippen LogP contribution is 2.25. The van der Waals surface area contributed by atoms with Crippen LogP contribution in [0.3, 0.4) is 0 Å². The lowest BCUT2D eigenvalue weighted by molar-refractivity contribution is 0.0686. The Bertz CT molecular complexity index is 797. The van der Waals surface area contributed by atoms with Gasteiger partial charge in [-0.1, -0.05) is 0 Å². The lowest BCUT2D eigenvalue weighted by atomic mass is 10.1. The summed E-state index contributed by atoms with van der Waals surface area (Å²) in [5, 5.41) is 13.1. The maximum atomic E-state index is 11.0. The van der Waals surface area contributed by atoms with Crippen molar-refractivity contribution < 1.29 is 14.6 Å². The number of aromatic carboxylic acids is 1. The van der Waals surface area contributed by atoms with Gasteiger partial charge in [-0.3, -0.25) is 0 Å². The molecule has 20 heavy (non-hydrogen) atoms. The molecule has 0 radical (unpaired) electrons. The van der Waals surface area contributed by atoms with E-state index < -0.39 is 5.97 Å². The van der Waals surface area contributed by atoms with Crippen molar-refractivity contribution in [2.75, 3.05) is 7.11 Å². The van der Waals surface area contributed by atoms with Crippen LogP contribution in [0.4, 0.5) is 0 Å². The van der Waals surface area contributed by atoms with Crippen molar-refractivity contribution in [1.29, 1.82) is 0 Å². The minimum atomic E-state index is -1.13. The zero-order chi connectivity index (χ0) is 14.1. The van der Waals surface area contributed by atoms with Gasteiger partial charge in [0.05, 0.1) is 13.3 Å². The Labute approximate surface area is 113 Å². The lowest BCUT2D eigenvalue weighted by Crippen LogP contribution is -2.04. The smallest absolute Gasteiger partial charge is 0.358 e. The second kappa shape index (κ2) is 4.61.